The molecule has 0 saturated carbocycles. The molecule has 0 spiro atoms. The van der Waals surface area contributed by atoms with Crippen LogP contribution in [0.3, 0.4) is 0 Å². The Balaban J connectivity index is 1.87. The third kappa shape index (κ3) is 4.26. The number of benzene rings is 1. The summed E-state index contributed by atoms with van der Waals surface area (Å²) in [6, 6.07) is 14.9. The first-order valence-corrected chi connectivity index (χ1v) is 7.25. The fraction of sp³-hybridized carbons (Fsp3) is 0.333. The van der Waals surface area contributed by atoms with Crippen molar-refractivity contribution < 1.29 is 0 Å². The highest BCUT2D eigenvalue weighted by atomic mass is 32.1. The highest BCUT2D eigenvalue weighted by Gasteiger charge is 2.05. The molecule has 3 heteroatoms. The van der Waals surface area contributed by atoms with Crippen LogP contribution in [0.2, 0.25) is 0 Å². The molecule has 96 valence electrons. The first-order chi connectivity index (χ1) is 8.88. The minimum Gasteiger partial charge on any atom is -0.329 e. The zero-order valence-electron chi connectivity index (χ0n) is 10.6. The smallest absolute Gasteiger partial charge is 0.0234 e. The van der Waals surface area contributed by atoms with Crippen molar-refractivity contribution >= 4 is 11.3 Å². The molecule has 0 fully saturated rings. The lowest BCUT2D eigenvalue weighted by Gasteiger charge is -2.21. The van der Waals surface area contributed by atoms with Gasteiger partial charge in [-0.25, -0.2) is 0 Å². The van der Waals surface area contributed by atoms with E-state index in [1.165, 1.54) is 10.4 Å². The average Bonchev–Trinajstić information content (AvgIpc) is 2.91. The fourth-order valence-electron chi connectivity index (χ4n) is 2.02. The molecule has 0 radical (unpaired) electrons. The summed E-state index contributed by atoms with van der Waals surface area (Å²) in [5.74, 6) is 0. The van der Waals surface area contributed by atoms with Crippen LogP contribution in [0.25, 0.3) is 0 Å². The first kappa shape index (κ1) is 13.3. The maximum absolute atomic E-state index is 5.69. The molecule has 0 unspecified atom stereocenters. The number of rotatable bonds is 7. The van der Waals surface area contributed by atoms with E-state index in [2.05, 4.69) is 52.7 Å². The lowest BCUT2D eigenvalue weighted by atomic mass is 10.2. The molecule has 0 amide bonds. The monoisotopic (exact) mass is 260 g/mol. The van der Waals surface area contributed by atoms with E-state index in [0.29, 0.717) is 0 Å². The summed E-state index contributed by atoms with van der Waals surface area (Å²) < 4.78 is 0. The van der Waals surface area contributed by atoms with E-state index < -0.39 is 0 Å². The van der Waals surface area contributed by atoms with Gasteiger partial charge in [-0.2, -0.15) is 0 Å². The minimum absolute atomic E-state index is 0.720. The lowest BCUT2D eigenvalue weighted by Crippen LogP contribution is -2.30. The summed E-state index contributed by atoms with van der Waals surface area (Å²) in [4.78, 5) is 3.87. The zero-order chi connectivity index (χ0) is 12.6. The van der Waals surface area contributed by atoms with Crippen molar-refractivity contribution in [2.45, 2.75) is 13.0 Å². The van der Waals surface area contributed by atoms with E-state index in [9.17, 15) is 0 Å². The summed E-state index contributed by atoms with van der Waals surface area (Å²) in [6.45, 7) is 3.74. The van der Waals surface area contributed by atoms with Gasteiger partial charge in [-0.15, -0.1) is 11.3 Å². The maximum Gasteiger partial charge on any atom is 0.0234 e. The molecule has 2 rings (SSSR count). The Kier molecular flexibility index (Phi) is 5.39. The van der Waals surface area contributed by atoms with Crippen LogP contribution >= 0.6 is 11.3 Å². The molecule has 2 nitrogen and oxygen atoms in total. The summed E-state index contributed by atoms with van der Waals surface area (Å²) in [5, 5.41) is 2.14. The topological polar surface area (TPSA) is 29.3 Å². The van der Waals surface area contributed by atoms with Crippen molar-refractivity contribution in [1.29, 1.82) is 0 Å². The molecule has 1 heterocycles. The Morgan fingerprint density at radius 3 is 2.50 bits per heavy atom. The molecule has 1 aromatic carbocycles. The summed E-state index contributed by atoms with van der Waals surface area (Å²) in [5.41, 5.74) is 7.05. The number of hydrogen-bond acceptors (Lipinski definition) is 3. The Labute approximate surface area is 113 Å². The van der Waals surface area contributed by atoms with Crippen LogP contribution in [0.4, 0.5) is 0 Å². The third-order valence-electron chi connectivity index (χ3n) is 2.95. The third-order valence-corrected chi connectivity index (χ3v) is 3.89. The predicted molar refractivity (Wildman–Crippen MR) is 78.8 cm³/mol. The number of hydrogen-bond donors (Lipinski definition) is 1. The molecule has 0 saturated heterocycles. The van der Waals surface area contributed by atoms with E-state index in [4.69, 9.17) is 5.73 Å². The van der Waals surface area contributed by atoms with Crippen LogP contribution in [0, 0.1) is 0 Å². The van der Waals surface area contributed by atoms with Crippen molar-refractivity contribution in [3.8, 4) is 0 Å². The van der Waals surface area contributed by atoms with Crippen LogP contribution in [0.1, 0.15) is 10.4 Å². The first-order valence-electron chi connectivity index (χ1n) is 6.37. The van der Waals surface area contributed by atoms with Gasteiger partial charge < -0.3 is 5.73 Å². The fourth-order valence-corrected chi connectivity index (χ4v) is 2.72. The van der Waals surface area contributed by atoms with Crippen LogP contribution in [-0.4, -0.2) is 24.5 Å². The second-order valence-corrected chi connectivity index (χ2v) is 5.41. The second kappa shape index (κ2) is 7.31. The molecule has 1 aromatic heterocycles. The lowest BCUT2D eigenvalue weighted by molar-refractivity contribution is 0.277. The minimum atomic E-state index is 0.720. The van der Waals surface area contributed by atoms with Crippen LogP contribution in [0.5, 0.6) is 0 Å². The number of nitrogens with two attached hydrogens (primary N) is 1. The molecule has 18 heavy (non-hydrogen) atoms. The van der Waals surface area contributed by atoms with Gasteiger partial charge in [0.1, 0.15) is 0 Å². The molecule has 0 aliphatic rings. The van der Waals surface area contributed by atoms with Gasteiger partial charge in [0.15, 0.2) is 0 Å². The molecule has 0 atom stereocenters. The molecule has 2 aromatic rings. The van der Waals surface area contributed by atoms with E-state index in [0.717, 1.165) is 32.6 Å². The highest BCUT2D eigenvalue weighted by molar-refractivity contribution is 7.09. The van der Waals surface area contributed by atoms with Gasteiger partial charge in [-0.3, -0.25) is 4.90 Å². The normalized spacial score (nSPS) is 11.0. The molecular weight excluding hydrogens is 240 g/mol. The van der Waals surface area contributed by atoms with Gasteiger partial charge >= 0.3 is 0 Å². The Hall–Kier alpha value is -1.16. The van der Waals surface area contributed by atoms with Crippen molar-refractivity contribution in [3.63, 3.8) is 0 Å². The maximum atomic E-state index is 5.69. The Morgan fingerprint density at radius 2 is 1.83 bits per heavy atom. The van der Waals surface area contributed by atoms with E-state index in [1.807, 2.05) is 11.3 Å². The number of thiophene rings is 1. The molecule has 0 aliphatic heterocycles. The molecule has 0 aliphatic carbocycles. The van der Waals surface area contributed by atoms with Gasteiger partial charge in [0.05, 0.1) is 0 Å². The highest BCUT2D eigenvalue weighted by Crippen LogP contribution is 2.11. The van der Waals surface area contributed by atoms with Crippen molar-refractivity contribution in [3.05, 3.63) is 58.3 Å². The van der Waals surface area contributed by atoms with E-state index >= 15 is 0 Å². The van der Waals surface area contributed by atoms with Gasteiger partial charge in [0.2, 0.25) is 0 Å². The average molecular weight is 260 g/mol. The quantitative estimate of drug-likeness (QED) is 0.829. The van der Waals surface area contributed by atoms with Crippen molar-refractivity contribution in [1.82, 2.24) is 4.90 Å². The van der Waals surface area contributed by atoms with Crippen molar-refractivity contribution in [2.24, 2.45) is 5.73 Å². The second-order valence-electron chi connectivity index (χ2n) is 4.38. The zero-order valence-corrected chi connectivity index (χ0v) is 11.4. The number of nitrogens with zero attached hydrogens (tertiary/aromatic N) is 1. The standard InChI is InChI=1S/C15H20N2S/c16-9-11-17(10-8-15-7-4-12-18-15)13-14-5-2-1-3-6-14/h1-7,12H,8-11,13,16H2. The van der Waals surface area contributed by atoms with Crippen LogP contribution < -0.4 is 5.73 Å². The van der Waals surface area contributed by atoms with Gasteiger partial charge in [-0.05, 0) is 23.4 Å². The van der Waals surface area contributed by atoms with Crippen LogP contribution in [0.15, 0.2) is 47.8 Å². The molecule has 2 N–H and O–H groups in total. The summed E-state index contributed by atoms with van der Waals surface area (Å²) >= 11 is 1.83. The molecular formula is C15H20N2S. The van der Waals surface area contributed by atoms with E-state index in [1.54, 1.807) is 0 Å². The molecule has 0 bridgehead atoms. The van der Waals surface area contributed by atoms with Gasteiger partial charge in [0, 0.05) is 31.1 Å². The van der Waals surface area contributed by atoms with Crippen LogP contribution in [-0.2, 0) is 13.0 Å². The van der Waals surface area contributed by atoms with Gasteiger partial charge in [0.25, 0.3) is 0 Å². The Morgan fingerprint density at radius 1 is 1.00 bits per heavy atom. The van der Waals surface area contributed by atoms with E-state index in [-0.39, 0.29) is 0 Å². The van der Waals surface area contributed by atoms with Gasteiger partial charge in [-0.1, -0.05) is 36.4 Å². The SMILES string of the molecule is NCCN(CCc1cccs1)Cc1ccccc1. The van der Waals surface area contributed by atoms with Crippen molar-refractivity contribution in [2.75, 3.05) is 19.6 Å². The Bertz CT molecular complexity index is 425. The summed E-state index contributed by atoms with van der Waals surface area (Å²) in [6.07, 6.45) is 1.12. The predicted octanol–water partition coefficient (Wildman–Crippen LogP) is 2.75. The summed E-state index contributed by atoms with van der Waals surface area (Å²) in [7, 11) is 0. The largest absolute Gasteiger partial charge is 0.329 e.